The van der Waals surface area contributed by atoms with E-state index in [1.54, 1.807) is 23.4 Å². The number of nitrogens with one attached hydrogen (secondary N) is 1. The van der Waals surface area contributed by atoms with E-state index < -0.39 is 0 Å². The van der Waals surface area contributed by atoms with Crippen LogP contribution < -0.4 is 11.2 Å². The van der Waals surface area contributed by atoms with Crippen molar-refractivity contribution >= 4 is 33.7 Å². The molecule has 0 atom stereocenters. The Balaban J connectivity index is 1.61. The number of aromatic amines is 1. The zero-order valence-corrected chi connectivity index (χ0v) is 22.6. The molecular formula is C28H32N6O2S. The summed E-state index contributed by atoms with van der Waals surface area (Å²) >= 11 is 1.66. The van der Waals surface area contributed by atoms with Crippen LogP contribution in [0.3, 0.4) is 0 Å². The fourth-order valence-electron chi connectivity index (χ4n) is 5.30. The molecule has 6 rings (SSSR count). The van der Waals surface area contributed by atoms with E-state index in [1.165, 1.54) is 10.1 Å². The van der Waals surface area contributed by atoms with E-state index >= 15 is 0 Å². The van der Waals surface area contributed by atoms with Crippen LogP contribution in [0.5, 0.6) is 0 Å². The Morgan fingerprint density at radius 3 is 2.68 bits per heavy atom. The molecule has 0 bridgehead atoms. The second-order valence-corrected chi connectivity index (χ2v) is 11.1. The number of hydrogen-bond donors (Lipinski definition) is 1. The molecule has 0 radical (unpaired) electrons. The molecule has 37 heavy (non-hydrogen) atoms. The van der Waals surface area contributed by atoms with Gasteiger partial charge in [0.2, 0.25) is 0 Å². The maximum Gasteiger partial charge on any atom is 0.332 e. The molecule has 0 spiro atoms. The van der Waals surface area contributed by atoms with E-state index in [2.05, 4.69) is 42.4 Å². The maximum absolute atomic E-state index is 13.6. The second-order valence-electron chi connectivity index (χ2n) is 10.2. The van der Waals surface area contributed by atoms with Crippen molar-refractivity contribution in [2.45, 2.75) is 50.6 Å². The molecule has 0 aliphatic heterocycles. The summed E-state index contributed by atoms with van der Waals surface area (Å²) in [6.07, 6.45) is 10.5. The van der Waals surface area contributed by atoms with Crippen LogP contribution in [-0.4, -0.2) is 34.7 Å². The van der Waals surface area contributed by atoms with Gasteiger partial charge in [-0.15, -0.1) is 11.8 Å². The Bertz CT molecular complexity index is 1760. The molecule has 1 aliphatic rings. The third kappa shape index (κ3) is 4.05. The molecule has 1 fully saturated rings. The monoisotopic (exact) mass is 516 g/mol. The summed E-state index contributed by atoms with van der Waals surface area (Å²) in [5.41, 5.74) is 5.04. The standard InChI is InChI=1S/C28H32N6O2S/c1-5-6-17-9-10-22-21(11-17)19(13-29-22)15-34-25(23-12-20(37-4)16-31(23)2)24-26(30-34)33(14-18-7-8-18)28(36)32(3)27(24)35/h9-13,16,18,29H,5-8,14-15H2,1-4H3. The summed E-state index contributed by atoms with van der Waals surface area (Å²) in [5, 5.41) is 6.65. The Morgan fingerprint density at radius 2 is 1.97 bits per heavy atom. The number of rotatable bonds is 8. The van der Waals surface area contributed by atoms with Crippen molar-refractivity contribution in [1.82, 2.24) is 28.5 Å². The average Bonchev–Trinajstić information content (AvgIpc) is 3.34. The number of nitrogens with zero attached hydrogens (tertiary/aromatic N) is 5. The van der Waals surface area contributed by atoms with Gasteiger partial charge < -0.3 is 9.55 Å². The Morgan fingerprint density at radius 1 is 1.16 bits per heavy atom. The molecule has 1 aliphatic carbocycles. The predicted octanol–water partition coefficient (Wildman–Crippen LogP) is 4.52. The predicted molar refractivity (Wildman–Crippen MR) is 150 cm³/mol. The number of aryl methyl sites for hydroxylation is 2. The van der Waals surface area contributed by atoms with E-state index in [4.69, 9.17) is 5.10 Å². The number of thioether (sulfide) groups is 1. The maximum atomic E-state index is 13.6. The first-order valence-electron chi connectivity index (χ1n) is 12.9. The topological polar surface area (TPSA) is 82.5 Å². The molecule has 4 aromatic heterocycles. The first-order chi connectivity index (χ1) is 17.9. The molecule has 1 N–H and O–H groups in total. The van der Waals surface area contributed by atoms with Gasteiger partial charge in [-0.25, -0.2) is 4.79 Å². The van der Waals surface area contributed by atoms with Crippen LogP contribution in [0.25, 0.3) is 33.3 Å². The summed E-state index contributed by atoms with van der Waals surface area (Å²) in [6.45, 7) is 3.27. The molecule has 8 nitrogen and oxygen atoms in total. The van der Waals surface area contributed by atoms with E-state index in [9.17, 15) is 9.59 Å². The zero-order valence-electron chi connectivity index (χ0n) is 21.7. The van der Waals surface area contributed by atoms with Gasteiger partial charge in [-0.05, 0) is 60.8 Å². The minimum absolute atomic E-state index is 0.298. The van der Waals surface area contributed by atoms with Gasteiger partial charge >= 0.3 is 5.69 Å². The second kappa shape index (κ2) is 9.13. The smallest absolute Gasteiger partial charge is 0.332 e. The molecule has 0 amide bonds. The Labute approximate surface area is 218 Å². The molecule has 1 saturated carbocycles. The van der Waals surface area contributed by atoms with Crippen molar-refractivity contribution in [3.05, 3.63) is 68.6 Å². The van der Waals surface area contributed by atoms with Crippen LogP contribution in [0.1, 0.15) is 37.3 Å². The lowest BCUT2D eigenvalue weighted by Crippen LogP contribution is -2.38. The van der Waals surface area contributed by atoms with Crippen LogP contribution >= 0.6 is 11.8 Å². The molecule has 0 unspecified atom stereocenters. The highest BCUT2D eigenvalue weighted by molar-refractivity contribution is 7.98. The van der Waals surface area contributed by atoms with E-state index in [-0.39, 0.29) is 11.2 Å². The highest BCUT2D eigenvalue weighted by Crippen LogP contribution is 2.34. The van der Waals surface area contributed by atoms with E-state index in [0.29, 0.717) is 30.0 Å². The Kier molecular flexibility index (Phi) is 5.90. The van der Waals surface area contributed by atoms with E-state index in [1.807, 2.05) is 28.7 Å². The molecule has 9 heteroatoms. The number of hydrogen-bond acceptors (Lipinski definition) is 4. The van der Waals surface area contributed by atoms with Gasteiger partial charge in [0.1, 0.15) is 11.1 Å². The summed E-state index contributed by atoms with van der Waals surface area (Å²) in [4.78, 5) is 31.3. The number of aromatic nitrogens is 6. The van der Waals surface area contributed by atoms with Crippen molar-refractivity contribution in [1.29, 1.82) is 0 Å². The third-order valence-corrected chi connectivity index (χ3v) is 8.21. The zero-order chi connectivity index (χ0) is 25.8. The van der Waals surface area contributed by atoms with Crippen LogP contribution in [-0.2, 0) is 33.6 Å². The number of H-pyrrole nitrogens is 1. The fraction of sp³-hybridized carbons (Fsp3) is 0.393. The lowest BCUT2D eigenvalue weighted by molar-refractivity contribution is 0.572. The van der Waals surface area contributed by atoms with Crippen molar-refractivity contribution < 1.29 is 0 Å². The molecule has 192 valence electrons. The van der Waals surface area contributed by atoms with Gasteiger partial charge in [0.05, 0.1) is 12.2 Å². The van der Waals surface area contributed by atoms with Gasteiger partial charge in [-0.1, -0.05) is 19.4 Å². The van der Waals surface area contributed by atoms with Gasteiger partial charge in [0, 0.05) is 48.8 Å². The quantitative estimate of drug-likeness (QED) is 0.308. The SMILES string of the molecule is CCCc1ccc2[nH]cc(Cn3nc4c(c3-c3cc(SC)cn3C)c(=O)n(C)c(=O)n4CC3CC3)c2c1. The van der Waals surface area contributed by atoms with E-state index in [0.717, 1.165) is 58.4 Å². The third-order valence-electron chi connectivity index (χ3n) is 7.51. The summed E-state index contributed by atoms with van der Waals surface area (Å²) in [5.74, 6) is 0.468. The van der Waals surface area contributed by atoms with Gasteiger partial charge in [0.25, 0.3) is 5.56 Å². The summed E-state index contributed by atoms with van der Waals surface area (Å²) in [7, 11) is 3.56. The van der Waals surface area contributed by atoms with Gasteiger partial charge in [-0.3, -0.25) is 18.6 Å². The lowest BCUT2D eigenvalue weighted by Gasteiger charge is -2.09. The summed E-state index contributed by atoms with van der Waals surface area (Å²) < 4.78 is 6.91. The van der Waals surface area contributed by atoms with Crippen molar-refractivity contribution in [2.24, 2.45) is 20.0 Å². The Hall–Kier alpha value is -3.46. The van der Waals surface area contributed by atoms with Gasteiger partial charge in [0.15, 0.2) is 5.65 Å². The molecule has 4 heterocycles. The van der Waals surface area contributed by atoms with Crippen LogP contribution in [0.2, 0.25) is 0 Å². The molecule has 5 aromatic rings. The summed E-state index contributed by atoms with van der Waals surface area (Å²) in [6, 6.07) is 8.66. The first-order valence-corrected chi connectivity index (χ1v) is 14.1. The van der Waals surface area contributed by atoms with Crippen LogP contribution in [0, 0.1) is 5.92 Å². The highest BCUT2D eigenvalue weighted by Gasteiger charge is 2.28. The lowest BCUT2D eigenvalue weighted by atomic mass is 10.1. The van der Waals surface area contributed by atoms with Crippen molar-refractivity contribution in [3.63, 3.8) is 0 Å². The average molecular weight is 517 g/mol. The number of fused-ring (bicyclic) bond motifs is 2. The number of benzene rings is 1. The molecule has 0 saturated heterocycles. The van der Waals surface area contributed by atoms with Crippen molar-refractivity contribution in [3.8, 4) is 11.4 Å². The van der Waals surface area contributed by atoms with Crippen molar-refractivity contribution in [2.75, 3.05) is 6.26 Å². The molecule has 1 aromatic carbocycles. The minimum atomic E-state index is -0.302. The minimum Gasteiger partial charge on any atom is -0.361 e. The fourth-order valence-corrected chi connectivity index (χ4v) is 5.80. The molecular weight excluding hydrogens is 484 g/mol. The van der Waals surface area contributed by atoms with Crippen LogP contribution in [0.15, 0.2) is 51.1 Å². The normalized spacial score (nSPS) is 13.8. The van der Waals surface area contributed by atoms with Crippen LogP contribution in [0.4, 0.5) is 0 Å². The first kappa shape index (κ1) is 23.9. The van der Waals surface area contributed by atoms with Gasteiger partial charge in [-0.2, -0.15) is 5.10 Å². The largest absolute Gasteiger partial charge is 0.361 e. The highest BCUT2D eigenvalue weighted by atomic mass is 32.2.